The van der Waals surface area contributed by atoms with Gasteiger partial charge in [0, 0.05) is 17.6 Å². The van der Waals surface area contributed by atoms with Gasteiger partial charge in [0.05, 0.1) is 5.56 Å². The molecular weight excluding hydrogens is 297 g/mol. The number of benzene rings is 1. The van der Waals surface area contributed by atoms with E-state index in [4.69, 9.17) is 17.3 Å². The molecule has 8 heteroatoms. The lowest BCUT2D eigenvalue weighted by molar-refractivity contribution is -0.137. The number of carbonyl (C=O) groups is 2. The number of rotatable bonds is 3. The molecule has 0 aliphatic carbocycles. The number of carbonyl (C=O) groups excluding carboxylic acids is 2. The normalized spacial score (nSPS) is 12.9. The molecule has 2 N–H and O–H groups in total. The zero-order chi connectivity index (χ0) is 15.7. The molecule has 0 radical (unpaired) electrons. The number of hydrogen-bond donors (Lipinski definition) is 1. The molecule has 4 nitrogen and oxygen atoms in total. The third-order valence-electron chi connectivity index (χ3n) is 2.79. The Kier molecular flexibility index (Phi) is 4.65. The van der Waals surface area contributed by atoms with E-state index in [1.165, 1.54) is 14.0 Å². The molecule has 110 valence electrons. The SMILES string of the molecule is C[C@H](C(N)=O)N(C)C(=O)c1cc(Cl)cc(C(F)(F)F)c1. The van der Waals surface area contributed by atoms with Gasteiger partial charge in [0.2, 0.25) is 5.91 Å². The smallest absolute Gasteiger partial charge is 0.368 e. The van der Waals surface area contributed by atoms with Gasteiger partial charge < -0.3 is 10.6 Å². The fourth-order valence-corrected chi connectivity index (χ4v) is 1.68. The summed E-state index contributed by atoms with van der Waals surface area (Å²) in [5, 5.41) is -0.219. The molecule has 20 heavy (non-hydrogen) atoms. The Labute approximate surface area is 118 Å². The second-order valence-corrected chi connectivity index (χ2v) is 4.66. The number of alkyl halides is 3. The van der Waals surface area contributed by atoms with Crippen molar-refractivity contribution >= 4 is 23.4 Å². The van der Waals surface area contributed by atoms with E-state index in [-0.39, 0.29) is 10.6 Å². The predicted molar refractivity (Wildman–Crippen MR) is 67.2 cm³/mol. The van der Waals surface area contributed by atoms with Crippen molar-refractivity contribution in [2.45, 2.75) is 19.1 Å². The van der Waals surface area contributed by atoms with Crippen LogP contribution in [0.25, 0.3) is 0 Å². The van der Waals surface area contributed by atoms with Crippen LogP contribution in [0.5, 0.6) is 0 Å². The highest BCUT2D eigenvalue weighted by Crippen LogP contribution is 2.32. The number of hydrogen-bond acceptors (Lipinski definition) is 2. The zero-order valence-corrected chi connectivity index (χ0v) is 11.4. The van der Waals surface area contributed by atoms with Gasteiger partial charge in [0.25, 0.3) is 5.91 Å². The van der Waals surface area contributed by atoms with E-state index in [0.717, 1.165) is 17.0 Å². The molecule has 0 aliphatic heterocycles. The summed E-state index contributed by atoms with van der Waals surface area (Å²) in [7, 11) is 1.27. The van der Waals surface area contributed by atoms with Crippen LogP contribution >= 0.6 is 11.6 Å². The van der Waals surface area contributed by atoms with Crippen molar-refractivity contribution in [2.24, 2.45) is 5.73 Å². The van der Waals surface area contributed by atoms with Crippen LogP contribution < -0.4 is 5.73 Å². The van der Waals surface area contributed by atoms with Crippen LogP contribution in [0.2, 0.25) is 5.02 Å². The molecule has 1 rings (SSSR count). The van der Waals surface area contributed by atoms with E-state index >= 15 is 0 Å². The first-order valence-electron chi connectivity index (χ1n) is 5.48. The van der Waals surface area contributed by atoms with Gasteiger partial charge in [-0.2, -0.15) is 13.2 Å². The van der Waals surface area contributed by atoms with Gasteiger partial charge >= 0.3 is 6.18 Å². The van der Waals surface area contributed by atoms with Crippen LogP contribution in [0, 0.1) is 0 Å². The lowest BCUT2D eigenvalue weighted by atomic mass is 10.1. The Balaban J connectivity index is 3.17. The molecule has 0 heterocycles. The number of nitrogens with zero attached hydrogens (tertiary/aromatic N) is 1. The lowest BCUT2D eigenvalue weighted by Gasteiger charge is -2.22. The van der Waals surface area contributed by atoms with Crippen LogP contribution in [0.1, 0.15) is 22.8 Å². The minimum Gasteiger partial charge on any atom is -0.368 e. The Morgan fingerprint density at radius 2 is 1.85 bits per heavy atom. The molecular formula is C12H12ClF3N2O2. The van der Waals surface area contributed by atoms with Crippen molar-refractivity contribution in [2.75, 3.05) is 7.05 Å². The third-order valence-corrected chi connectivity index (χ3v) is 3.00. The monoisotopic (exact) mass is 308 g/mol. The Morgan fingerprint density at radius 3 is 2.30 bits per heavy atom. The average Bonchev–Trinajstić information content (AvgIpc) is 2.34. The number of nitrogens with two attached hydrogens (primary N) is 1. The minimum atomic E-state index is -4.62. The topological polar surface area (TPSA) is 63.4 Å². The summed E-state index contributed by atoms with van der Waals surface area (Å²) >= 11 is 5.58. The van der Waals surface area contributed by atoms with E-state index < -0.39 is 29.6 Å². The van der Waals surface area contributed by atoms with Crippen LogP contribution in [-0.4, -0.2) is 29.8 Å². The van der Waals surface area contributed by atoms with Crippen molar-refractivity contribution in [3.05, 3.63) is 34.3 Å². The quantitative estimate of drug-likeness (QED) is 0.931. The van der Waals surface area contributed by atoms with Gasteiger partial charge in [-0.1, -0.05) is 11.6 Å². The summed E-state index contributed by atoms with van der Waals surface area (Å²) in [5.41, 5.74) is 3.75. The molecule has 0 saturated carbocycles. The summed E-state index contributed by atoms with van der Waals surface area (Å²) in [6, 6.07) is 1.55. The molecule has 0 saturated heterocycles. The van der Waals surface area contributed by atoms with Gasteiger partial charge in [0.1, 0.15) is 6.04 Å². The van der Waals surface area contributed by atoms with Gasteiger partial charge in [-0.15, -0.1) is 0 Å². The van der Waals surface area contributed by atoms with E-state index in [1.807, 2.05) is 0 Å². The van der Waals surface area contributed by atoms with Crippen molar-refractivity contribution in [1.29, 1.82) is 0 Å². The maximum atomic E-state index is 12.6. The van der Waals surface area contributed by atoms with Crippen LogP contribution in [0.15, 0.2) is 18.2 Å². The largest absolute Gasteiger partial charge is 0.416 e. The summed E-state index contributed by atoms with van der Waals surface area (Å²) in [5.74, 6) is -1.54. The zero-order valence-electron chi connectivity index (χ0n) is 10.7. The maximum Gasteiger partial charge on any atom is 0.416 e. The number of halogens is 4. The molecule has 1 atom stereocenters. The molecule has 0 fully saturated rings. The third kappa shape index (κ3) is 3.63. The van der Waals surface area contributed by atoms with E-state index in [9.17, 15) is 22.8 Å². The summed E-state index contributed by atoms with van der Waals surface area (Å²) < 4.78 is 37.9. The van der Waals surface area contributed by atoms with Crippen molar-refractivity contribution in [3.63, 3.8) is 0 Å². The molecule has 1 aromatic rings. The van der Waals surface area contributed by atoms with Crippen molar-refractivity contribution < 1.29 is 22.8 Å². The summed E-state index contributed by atoms with van der Waals surface area (Å²) in [4.78, 5) is 24.0. The van der Waals surface area contributed by atoms with Gasteiger partial charge in [-0.3, -0.25) is 9.59 Å². The first-order chi connectivity index (χ1) is 9.04. The van der Waals surface area contributed by atoms with E-state index in [2.05, 4.69) is 0 Å². The van der Waals surface area contributed by atoms with Crippen LogP contribution in [-0.2, 0) is 11.0 Å². The summed E-state index contributed by atoms with van der Waals surface area (Å²) in [6.45, 7) is 1.37. The van der Waals surface area contributed by atoms with Gasteiger partial charge in [0.15, 0.2) is 0 Å². The maximum absolute atomic E-state index is 12.6. The molecule has 0 aliphatic rings. The van der Waals surface area contributed by atoms with Crippen LogP contribution in [0.3, 0.4) is 0 Å². The molecule has 0 bridgehead atoms. The average molecular weight is 309 g/mol. The Hall–Kier alpha value is -1.76. The molecule has 2 amide bonds. The highest BCUT2D eigenvalue weighted by atomic mass is 35.5. The molecule has 1 aromatic carbocycles. The molecule has 0 unspecified atom stereocenters. The van der Waals surface area contributed by atoms with Crippen molar-refractivity contribution in [3.8, 4) is 0 Å². The lowest BCUT2D eigenvalue weighted by Crippen LogP contribution is -2.43. The van der Waals surface area contributed by atoms with Crippen LogP contribution in [0.4, 0.5) is 13.2 Å². The summed E-state index contributed by atoms with van der Waals surface area (Å²) in [6.07, 6.45) is -4.62. The highest BCUT2D eigenvalue weighted by Gasteiger charge is 2.32. The fourth-order valence-electron chi connectivity index (χ4n) is 1.45. The van der Waals surface area contributed by atoms with Gasteiger partial charge in [-0.05, 0) is 25.1 Å². The molecule has 0 aromatic heterocycles. The second kappa shape index (κ2) is 5.70. The van der Waals surface area contributed by atoms with E-state index in [1.54, 1.807) is 0 Å². The van der Waals surface area contributed by atoms with Gasteiger partial charge in [-0.25, -0.2) is 0 Å². The number of likely N-dealkylation sites (N-methyl/N-ethyl adjacent to an activating group) is 1. The molecule has 0 spiro atoms. The first kappa shape index (κ1) is 16.3. The number of primary amides is 1. The predicted octanol–water partition coefficient (Wildman–Crippen LogP) is 2.30. The fraction of sp³-hybridized carbons (Fsp3) is 0.333. The van der Waals surface area contributed by atoms with Crippen molar-refractivity contribution in [1.82, 2.24) is 4.90 Å². The Bertz CT molecular complexity index is 546. The number of amides is 2. The standard InChI is InChI=1S/C12H12ClF3N2O2/c1-6(10(17)19)18(2)11(20)7-3-8(12(14,15)16)5-9(13)4-7/h3-6H,1-2H3,(H2,17,19)/t6-/m1/s1. The Morgan fingerprint density at radius 1 is 1.30 bits per heavy atom. The minimum absolute atomic E-state index is 0.219. The second-order valence-electron chi connectivity index (χ2n) is 4.22. The van der Waals surface area contributed by atoms with E-state index in [0.29, 0.717) is 6.07 Å². The first-order valence-corrected chi connectivity index (χ1v) is 5.86. The highest BCUT2D eigenvalue weighted by molar-refractivity contribution is 6.31.